The van der Waals surface area contributed by atoms with Crippen LogP contribution in [0.2, 0.25) is 0 Å². The molecule has 3 heterocycles. The number of ether oxygens (including phenoxy) is 1. The Morgan fingerprint density at radius 3 is 2.43 bits per heavy atom. The Bertz CT molecular complexity index is 391. The summed E-state index contributed by atoms with van der Waals surface area (Å²) in [6, 6.07) is 0. The number of hydrogen-bond acceptors (Lipinski definition) is 5. The van der Waals surface area contributed by atoms with Gasteiger partial charge in [-0.05, 0) is 45.3 Å². The maximum Gasteiger partial charge on any atom is 0.228 e. The van der Waals surface area contributed by atoms with Crippen LogP contribution < -0.4 is 0 Å². The van der Waals surface area contributed by atoms with Crippen LogP contribution in [-0.2, 0) is 9.53 Å². The van der Waals surface area contributed by atoms with E-state index in [1.54, 1.807) is 0 Å². The highest BCUT2D eigenvalue weighted by molar-refractivity contribution is 5.80. The minimum absolute atomic E-state index is 0.0628. The van der Waals surface area contributed by atoms with E-state index in [1.165, 1.54) is 0 Å². The highest BCUT2D eigenvalue weighted by Gasteiger charge is 2.41. The van der Waals surface area contributed by atoms with Gasteiger partial charge in [0.2, 0.25) is 5.91 Å². The lowest BCUT2D eigenvalue weighted by Gasteiger charge is -2.38. The molecule has 0 saturated carbocycles. The van der Waals surface area contributed by atoms with E-state index in [1.807, 2.05) is 4.90 Å². The van der Waals surface area contributed by atoms with E-state index in [4.69, 9.17) is 9.84 Å². The molecule has 3 aliphatic rings. The third kappa shape index (κ3) is 4.05. The Morgan fingerprint density at radius 2 is 1.78 bits per heavy atom. The number of piperazine rings is 1. The van der Waals surface area contributed by atoms with Crippen LogP contribution in [0.3, 0.4) is 0 Å². The largest absolute Gasteiger partial charge is 0.395 e. The van der Waals surface area contributed by atoms with Crippen LogP contribution in [0.5, 0.6) is 0 Å². The number of hydrogen-bond donors (Lipinski definition) is 1. The predicted molar refractivity (Wildman–Crippen MR) is 88.2 cm³/mol. The van der Waals surface area contributed by atoms with Crippen molar-refractivity contribution in [2.24, 2.45) is 11.8 Å². The Kier molecular flexibility index (Phi) is 5.91. The molecule has 0 bridgehead atoms. The van der Waals surface area contributed by atoms with Crippen LogP contribution in [0.4, 0.5) is 0 Å². The van der Waals surface area contributed by atoms with Gasteiger partial charge in [0, 0.05) is 39.3 Å². The van der Waals surface area contributed by atoms with Gasteiger partial charge in [0.15, 0.2) is 0 Å². The van der Waals surface area contributed by atoms with Crippen LogP contribution in [0.25, 0.3) is 0 Å². The van der Waals surface area contributed by atoms with E-state index < -0.39 is 0 Å². The fourth-order valence-electron chi connectivity index (χ4n) is 4.27. The zero-order valence-corrected chi connectivity index (χ0v) is 14.3. The van der Waals surface area contributed by atoms with Crippen molar-refractivity contribution in [1.29, 1.82) is 0 Å². The van der Waals surface area contributed by atoms with E-state index in [2.05, 4.69) is 16.8 Å². The summed E-state index contributed by atoms with van der Waals surface area (Å²) >= 11 is 0. The topological polar surface area (TPSA) is 56.2 Å². The molecular formula is C17H31N3O3. The van der Waals surface area contributed by atoms with Crippen LogP contribution in [0.1, 0.15) is 19.3 Å². The van der Waals surface area contributed by atoms with E-state index in [-0.39, 0.29) is 18.6 Å². The van der Waals surface area contributed by atoms with Crippen molar-refractivity contribution in [3.63, 3.8) is 0 Å². The van der Waals surface area contributed by atoms with Gasteiger partial charge in [-0.25, -0.2) is 0 Å². The van der Waals surface area contributed by atoms with Crippen molar-refractivity contribution in [3.05, 3.63) is 0 Å². The van der Waals surface area contributed by atoms with Gasteiger partial charge in [0.1, 0.15) is 0 Å². The molecule has 0 radical (unpaired) electrons. The Morgan fingerprint density at radius 1 is 1.09 bits per heavy atom. The number of aliphatic hydroxyl groups excluding tert-OH is 1. The quantitative estimate of drug-likeness (QED) is 0.780. The third-order valence-electron chi connectivity index (χ3n) is 5.78. The van der Waals surface area contributed by atoms with E-state index >= 15 is 0 Å². The number of aliphatic hydroxyl groups is 1. The number of β-amino-alcohol motifs (C(OH)–C–C–N with tert-alkyl or cyclic N) is 1. The lowest BCUT2D eigenvalue weighted by Crippen LogP contribution is -2.52. The van der Waals surface area contributed by atoms with Gasteiger partial charge in [-0.1, -0.05) is 0 Å². The Balaban J connectivity index is 1.54. The maximum atomic E-state index is 12.9. The number of rotatable bonds is 4. The fraction of sp³-hybridized carbons (Fsp3) is 0.941. The van der Waals surface area contributed by atoms with Gasteiger partial charge < -0.3 is 19.6 Å². The van der Waals surface area contributed by atoms with Gasteiger partial charge in [-0.2, -0.15) is 0 Å². The number of amides is 1. The number of carbonyl (C=O) groups excluding carboxylic acids is 1. The molecule has 2 atom stereocenters. The van der Waals surface area contributed by atoms with E-state index in [9.17, 15) is 4.79 Å². The summed E-state index contributed by atoms with van der Waals surface area (Å²) in [5.41, 5.74) is 0. The highest BCUT2D eigenvalue weighted by Crippen LogP contribution is 2.34. The van der Waals surface area contributed by atoms with E-state index in [0.29, 0.717) is 18.4 Å². The summed E-state index contributed by atoms with van der Waals surface area (Å²) in [5.74, 6) is 0.904. The molecule has 3 rings (SSSR count). The zero-order chi connectivity index (χ0) is 16.2. The molecule has 23 heavy (non-hydrogen) atoms. The molecule has 6 heteroatoms. The number of likely N-dealkylation sites (tertiary alicyclic amines) is 1. The average Bonchev–Trinajstić information content (AvgIpc) is 3.05. The number of nitrogens with zero attached hydrogens (tertiary/aromatic N) is 3. The van der Waals surface area contributed by atoms with Gasteiger partial charge in [0.05, 0.1) is 18.6 Å². The number of carbonyl (C=O) groups is 1. The molecule has 3 fully saturated rings. The first kappa shape index (κ1) is 17.1. The van der Waals surface area contributed by atoms with Gasteiger partial charge in [-0.15, -0.1) is 0 Å². The van der Waals surface area contributed by atoms with Crippen molar-refractivity contribution in [2.45, 2.75) is 25.4 Å². The zero-order valence-electron chi connectivity index (χ0n) is 14.3. The summed E-state index contributed by atoms with van der Waals surface area (Å²) in [5, 5.41) is 9.02. The average molecular weight is 325 g/mol. The first-order chi connectivity index (χ1) is 11.2. The van der Waals surface area contributed by atoms with Crippen LogP contribution in [0.15, 0.2) is 0 Å². The lowest BCUT2D eigenvalue weighted by atomic mass is 9.83. The monoisotopic (exact) mass is 325 g/mol. The summed E-state index contributed by atoms with van der Waals surface area (Å²) in [4.78, 5) is 19.6. The molecule has 6 nitrogen and oxygen atoms in total. The summed E-state index contributed by atoms with van der Waals surface area (Å²) in [7, 11) is 2.17. The summed E-state index contributed by atoms with van der Waals surface area (Å²) in [6.45, 7) is 7.20. The number of piperidine rings is 1. The standard InChI is InChI=1S/C17H31N3O3/c1-18-5-2-14(3-6-18)16-15(4-13-23-16)17(22)20-9-7-19(8-10-20)11-12-21/h14-16,21H,2-13H2,1H3/t15-,16+/m0/s1. The molecule has 0 aromatic rings. The lowest BCUT2D eigenvalue weighted by molar-refractivity contribution is -0.140. The van der Waals surface area contributed by atoms with Crippen LogP contribution in [-0.4, -0.2) is 97.9 Å². The van der Waals surface area contributed by atoms with Crippen molar-refractivity contribution >= 4 is 5.91 Å². The summed E-state index contributed by atoms with van der Waals surface area (Å²) < 4.78 is 6.00. The second-order valence-electron chi connectivity index (χ2n) is 7.26. The van der Waals surface area contributed by atoms with Gasteiger partial charge in [-0.3, -0.25) is 9.69 Å². The molecule has 3 saturated heterocycles. The summed E-state index contributed by atoms with van der Waals surface area (Å²) in [6.07, 6.45) is 3.31. The molecule has 0 aromatic heterocycles. The van der Waals surface area contributed by atoms with Crippen molar-refractivity contribution < 1.29 is 14.6 Å². The second kappa shape index (κ2) is 7.92. The van der Waals surface area contributed by atoms with E-state index in [0.717, 1.165) is 65.1 Å². The second-order valence-corrected chi connectivity index (χ2v) is 7.26. The minimum atomic E-state index is 0.0628. The third-order valence-corrected chi connectivity index (χ3v) is 5.78. The first-order valence-electron chi connectivity index (χ1n) is 9.11. The molecule has 0 unspecified atom stereocenters. The van der Waals surface area contributed by atoms with Crippen molar-refractivity contribution in [2.75, 3.05) is 66.1 Å². The fourth-order valence-corrected chi connectivity index (χ4v) is 4.27. The molecule has 1 N–H and O–H groups in total. The Hall–Kier alpha value is -0.690. The Labute approximate surface area is 139 Å². The molecule has 3 aliphatic heterocycles. The normalized spacial score (nSPS) is 31.7. The SMILES string of the molecule is CN1CCC([C@H]2OCC[C@@H]2C(=O)N2CCN(CCO)CC2)CC1. The van der Waals surface area contributed by atoms with Gasteiger partial charge >= 0.3 is 0 Å². The predicted octanol–water partition coefficient (Wildman–Crippen LogP) is -0.130. The van der Waals surface area contributed by atoms with Crippen molar-refractivity contribution in [1.82, 2.24) is 14.7 Å². The maximum absolute atomic E-state index is 12.9. The highest BCUT2D eigenvalue weighted by atomic mass is 16.5. The minimum Gasteiger partial charge on any atom is -0.395 e. The molecule has 132 valence electrons. The molecule has 1 amide bonds. The first-order valence-corrected chi connectivity index (χ1v) is 9.11. The van der Waals surface area contributed by atoms with Gasteiger partial charge in [0.25, 0.3) is 0 Å². The van der Waals surface area contributed by atoms with Crippen LogP contribution in [0, 0.1) is 11.8 Å². The molecular weight excluding hydrogens is 294 g/mol. The smallest absolute Gasteiger partial charge is 0.228 e. The van der Waals surface area contributed by atoms with Crippen LogP contribution >= 0.6 is 0 Å². The molecule has 0 aliphatic carbocycles. The molecule has 0 aromatic carbocycles. The molecule has 0 spiro atoms. The van der Waals surface area contributed by atoms with Crippen molar-refractivity contribution in [3.8, 4) is 0 Å².